The fourth-order valence-corrected chi connectivity index (χ4v) is 3.81. The lowest BCUT2D eigenvalue weighted by Gasteiger charge is -2.15. The molecular weight excluding hydrogens is 608 g/mol. The number of anilines is 2. The number of carboxylic acid groups (broad SMARTS) is 2. The molecule has 3 rings (SSSR count). The molecule has 248 valence electrons. The number of rotatable bonds is 21. The van der Waals surface area contributed by atoms with Gasteiger partial charge < -0.3 is 46.1 Å². The molecule has 0 saturated heterocycles. The molecule has 18 heteroatoms. The number of hydrogen-bond acceptors (Lipinski definition) is 13. The zero-order chi connectivity index (χ0) is 33.3. The van der Waals surface area contributed by atoms with E-state index in [2.05, 4.69) is 35.9 Å². The van der Waals surface area contributed by atoms with Crippen molar-refractivity contribution in [2.24, 2.45) is 0 Å². The molecule has 8 N–H and O–H groups in total. The van der Waals surface area contributed by atoms with E-state index in [1.807, 2.05) is 0 Å². The molecule has 1 atom stereocenters. The highest BCUT2D eigenvalue weighted by atomic mass is 16.5. The van der Waals surface area contributed by atoms with Gasteiger partial charge in [0.1, 0.15) is 6.04 Å². The number of H-pyrrole nitrogens is 1. The number of fused-ring (bicyclic) bond motifs is 1. The predicted octanol–water partition coefficient (Wildman–Crippen LogP) is -0.489. The number of ether oxygens (including phenoxy) is 3. The smallest absolute Gasteiger partial charge is 0.326 e. The van der Waals surface area contributed by atoms with Gasteiger partial charge in [-0.05, 0) is 30.7 Å². The first-order valence-electron chi connectivity index (χ1n) is 14.2. The van der Waals surface area contributed by atoms with Crippen molar-refractivity contribution < 1.29 is 43.6 Å². The molecule has 0 bridgehead atoms. The summed E-state index contributed by atoms with van der Waals surface area (Å²) in [5.41, 5.74) is 6.49. The fourth-order valence-electron chi connectivity index (χ4n) is 3.81. The Kier molecular flexibility index (Phi) is 14.2. The van der Waals surface area contributed by atoms with Crippen LogP contribution < -0.4 is 27.2 Å². The van der Waals surface area contributed by atoms with Gasteiger partial charge in [-0.1, -0.05) is 0 Å². The van der Waals surface area contributed by atoms with Crippen LogP contribution in [0.5, 0.6) is 0 Å². The number of carbonyl (C=O) groups excluding carboxylic acids is 2. The lowest BCUT2D eigenvalue weighted by Crippen LogP contribution is -2.41. The summed E-state index contributed by atoms with van der Waals surface area (Å²) in [6, 6.07) is 4.98. The van der Waals surface area contributed by atoms with Crippen LogP contribution in [0.3, 0.4) is 0 Å². The number of hydrogen-bond donors (Lipinski definition) is 7. The highest BCUT2D eigenvalue weighted by Crippen LogP contribution is 2.12. The van der Waals surface area contributed by atoms with E-state index >= 15 is 0 Å². The summed E-state index contributed by atoms with van der Waals surface area (Å²) in [7, 11) is 0. The number of carboxylic acids is 2. The minimum atomic E-state index is -1.28. The molecule has 0 fully saturated rings. The number of aromatic amines is 1. The zero-order valence-electron chi connectivity index (χ0n) is 24.8. The topological polar surface area (TPSA) is 270 Å². The number of aromatic nitrogens is 4. The molecule has 0 aliphatic rings. The maximum atomic E-state index is 12.7. The van der Waals surface area contributed by atoms with Crippen LogP contribution in [0.25, 0.3) is 11.2 Å². The Morgan fingerprint density at radius 2 is 1.59 bits per heavy atom. The third kappa shape index (κ3) is 12.4. The summed E-state index contributed by atoms with van der Waals surface area (Å²) in [4.78, 5) is 73.5. The molecule has 2 aromatic heterocycles. The monoisotopic (exact) mass is 644 g/mol. The summed E-state index contributed by atoms with van der Waals surface area (Å²) in [6.45, 7) is 1.92. The Hall–Kier alpha value is -5.20. The summed E-state index contributed by atoms with van der Waals surface area (Å²) < 4.78 is 15.7. The van der Waals surface area contributed by atoms with E-state index in [1.54, 1.807) is 12.1 Å². The fraction of sp³-hybridized carbons (Fsp3) is 0.429. The third-order valence-electron chi connectivity index (χ3n) is 6.14. The first kappa shape index (κ1) is 35.3. The van der Waals surface area contributed by atoms with E-state index in [-0.39, 0.29) is 81.5 Å². The normalized spacial score (nSPS) is 11.6. The van der Waals surface area contributed by atoms with Gasteiger partial charge in [-0.25, -0.2) is 14.8 Å². The number of carbonyl (C=O) groups is 4. The highest BCUT2D eigenvalue weighted by Gasteiger charge is 2.21. The second kappa shape index (κ2) is 18.6. The van der Waals surface area contributed by atoms with Crippen LogP contribution in [-0.4, -0.2) is 106 Å². The molecule has 3 aromatic rings. The van der Waals surface area contributed by atoms with Crippen LogP contribution in [-0.2, 0) is 35.1 Å². The van der Waals surface area contributed by atoms with E-state index < -0.39 is 35.4 Å². The van der Waals surface area contributed by atoms with Crippen molar-refractivity contribution in [1.82, 2.24) is 30.6 Å². The highest BCUT2D eigenvalue weighted by molar-refractivity contribution is 5.97. The first-order valence-corrected chi connectivity index (χ1v) is 14.2. The lowest BCUT2D eigenvalue weighted by atomic mass is 10.1. The number of nitrogen functional groups attached to an aromatic ring is 1. The lowest BCUT2D eigenvalue weighted by molar-refractivity contribution is -0.140. The Morgan fingerprint density at radius 3 is 2.26 bits per heavy atom. The molecule has 0 saturated carbocycles. The minimum Gasteiger partial charge on any atom is -0.481 e. The molecular formula is C28H36N8O10. The molecule has 0 spiro atoms. The molecule has 0 aliphatic heterocycles. The summed E-state index contributed by atoms with van der Waals surface area (Å²) in [6.07, 6.45) is 1.14. The van der Waals surface area contributed by atoms with Crippen molar-refractivity contribution in [3.8, 4) is 0 Å². The van der Waals surface area contributed by atoms with Crippen LogP contribution in [0, 0.1) is 0 Å². The molecule has 46 heavy (non-hydrogen) atoms. The first-order chi connectivity index (χ1) is 22.1. The van der Waals surface area contributed by atoms with Gasteiger partial charge in [0.15, 0.2) is 11.2 Å². The van der Waals surface area contributed by atoms with E-state index in [0.717, 1.165) is 0 Å². The standard InChI is InChI=1S/C28H36N8O10/c29-28-35-24-23(26(41)36-28)33-19(16-32-24)15-31-18-3-1-17(2-4-18)25(40)34-20(27(42)43)5-6-21(37)30-8-10-45-12-14-46-13-11-44-9-7-22(38)39/h1-4,16,20,31H,5-15H2,(H,30,37)(H,34,40)(H,38,39)(H,42,43)(H3,29,32,35,36,41)/t20-/m0/s1. The average molecular weight is 645 g/mol. The van der Waals surface area contributed by atoms with Crippen molar-refractivity contribution >= 4 is 46.6 Å². The molecule has 1 aromatic carbocycles. The van der Waals surface area contributed by atoms with Gasteiger partial charge in [-0.15, -0.1) is 0 Å². The van der Waals surface area contributed by atoms with Crippen LogP contribution in [0.15, 0.2) is 35.3 Å². The number of amides is 2. The summed E-state index contributed by atoms with van der Waals surface area (Å²) in [5.74, 6) is -3.27. The molecule has 18 nitrogen and oxygen atoms in total. The van der Waals surface area contributed by atoms with Gasteiger partial charge >= 0.3 is 11.9 Å². The molecule has 0 unspecified atom stereocenters. The van der Waals surface area contributed by atoms with Crippen molar-refractivity contribution in [3.63, 3.8) is 0 Å². The Morgan fingerprint density at radius 1 is 0.913 bits per heavy atom. The maximum absolute atomic E-state index is 12.7. The second-order valence-corrected chi connectivity index (χ2v) is 9.65. The van der Waals surface area contributed by atoms with Gasteiger partial charge in [0.05, 0.1) is 64.5 Å². The quantitative estimate of drug-likeness (QED) is 0.0721. The van der Waals surface area contributed by atoms with E-state index in [4.69, 9.17) is 25.1 Å². The van der Waals surface area contributed by atoms with Gasteiger partial charge in [0.25, 0.3) is 11.5 Å². The SMILES string of the molecule is Nc1nc2ncc(CNc3ccc(C(=O)N[C@@H](CCC(=O)NCCOCCOCCOCCC(=O)O)C(=O)O)cc3)nc2c(=O)[nH]1. The van der Waals surface area contributed by atoms with Crippen LogP contribution >= 0.6 is 0 Å². The van der Waals surface area contributed by atoms with E-state index in [0.29, 0.717) is 24.6 Å². The molecule has 2 amide bonds. The number of aliphatic carboxylic acids is 2. The summed E-state index contributed by atoms with van der Waals surface area (Å²) in [5, 5.41) is 26.2. The third-order valence-corrected chi connectivity index (χ3v) is 6.14. The molecule has 2 heterocycles. The second-order valence-electron chi connectivity index (χ2n) is 9.65. The van der Waals surface area contributed by atoms with Crippen molar-refractivity contribution in [2.45, 2.75) is 31.8 Å². The van der Waals surface area contributed by atoms with Gasteiger partial charge in [-0.2, -0.15) is 4.98 Å². The molecule has 0 aliphatic carbocycles. The number of nitrogens with two attached hydrogens (primary N) is 1. The van der Waals surface area contributed by atoms with Crippen molar-refractivity contribution in [1.29, 1.82) is 0 Å². The molecule has 0 radical (unpaired) electrons. The van der Waals surface area contributed by atoms with Crippen molar-refractivity contribution in [3.05, 3.63) is 52.1 Å². The Bertz CT molecular complexity index is 1530. The maximum Gasteiger partial charge on any atom is 0.326 e. The zero-order valence-corrected chi connectivity index (χ0v) is 24.8. The largest absolute Gasteiger partial charge is 0.481 e. The van der Waals surface area contributed by atoms with Crippen LogP contribution in [0.1, 0.15) is 35.3 Å². The minimum absolute atomic E-state index is 0.0502. The van der Waals surface area contributed by atoms with Crippen LogP contribution in [0.2, 0.25) is 0 Å². The van der Waals surface area contributed by atoms with Crippen LogP contribution in [0.4, 0.5) is 11.6 Å². The average Bonchev–Trinajstić information content (AvgIpc) is 3.02. The van der Waals surface area contributed by atoms with E-state index in [1.165, 1.54) is 18.3 Å². The number of nitrogens with zero attached hydrogens (tertiary/aromatic N) is 3. The van der Waals surface area contributed by atoms with Crippen molar-refractivity contribution in [2.75, 3.05) is 57.2 Å². The summed E-state index contributed by atoms with van der Waals surface area (Å²) >= 11 is 0. The van der Waals surface area contributed by atoms with Gasteiger partial charge in [0.2, 0.25) is 11.9 Å². The number of nitrogens with one attached hydrogen (secondary N) is 4. The van der Waals surface area contributed by atoms with Gasteiger partial charge in [-0.3, -0.25) is 24.2 Å². The van der Waals surface area contributed by atoms with E-state index in [9.17, 15) is 29.1 Å². The Labute approximate surface area is 262 Å². The Balaban J connectivity index is 1.32. The van der Waals surface area contributed by atoms with Gasteiger partial charge in [0, 0.05) is 24.2 Å². The number of benzene rings is 1. The predicted molar refractivity (Wildman–Crippen MR) is 162 cm³/mol.